The summed E-state index contributed by atoms with van der Waals surface area (Å²) in [5, 5.41) is 10.0. The van der Waals surface area contributed by atoms with E-state index < -0.39 is 23.9 Å². The maximum Gasteiger partial charge on any atom is 0.498 e. The van der Waals surface area contributed by atoms with E-state index in [4.69, 9.17) is 9.31 Å². The van der Waals surface area contributed by atoms with Crippen LogP contribution in [0.5, 0.6) is 0 Å². The molecule has 0 saturated carbocycles. The maximum atomic E-state index is 10.0. The normalized spacial score (nSPS) is 21.2. The van der Waals surface area contributed by atoms with E-state index in [1.165, 1.54) is 6.33 Å². The number of hydrogen-bond donors (Lipinski definition) is 1. The van der Waals surface area contributed by atoms with Crippen LogP contribution in [0, 0.1) is 0 Å². The van der Waals surface area contributed by atoms with Crippen LogP contribution in [0.1, 0.15) is 47.2 Å². The van der Waals surface area contributed by atoms with Crippen LogP contribution in [-0.4, -0.2) is 39.0 Å². The first-order valence-electron chi connectivity index (χ1n) is 6.89. The molecule has 0 aliphatic carbocycles. The minimum Gasteiger partial charge on any atom is -0.399 e. The highest BCUT2D eigenvalue weighted by Gasteiger charge is 2.52. The smallest absolute Gasteiger partial charge is 0.399 e. The summed E-state index contributed by atoms with van der Waals surface area (Å²) in [5.74, 6) is 0. The lowest BCUT2D eigenvalue weighted by Crippen LogP contribution is -2.41. The Labute approximate surface area is 120 Å². The molecule has 20 heavy (non-hydrogen) atoms. The monoisotopic (exact) mass is 278 g/mol. The summed E-state index contributed by atoms with van der Waals surface area (Å²) in [4.78, 5) is 8.34. The Bertz CT molecular complexity index is 481. The third-order valence-corrected chi connectivity index (χ3v) is 3.93. The molecule has 1 aliphatic rings. The average molecular weight is 278 g/mol. The van der Waals surface area contributed by atoms with Crippen LogP contribution in [-0.2, 0) is 15.7 Å². The molecule has 1 aliphatic heterocycles. The third-order valence-electron chi connectivity index (χ3n) is 3.93. The Balaban J connectivity index is 2.31. The number of aromatic nitrogens is 2. The molecule has 110 valence electrons. The van der Waals surface area contributed by atoms with Gasteiger partial charge in [0.15, 0.2) is 0 Å². The highest BCUT2D eigenvalue weighted by molar-refractivity contribution is 6.62. The van der Waals surface area contributed by atoms with Crippen LogP contribution < -0.4 is 5.46 Å². The zero-order chi connectivity index (χ0) is 15.2. The first-order chi connectivity index (χ1) is 9.02. The van der Waals surface area contributed by atoms with E-state index in [0.29, 0.717) is 6.42 Å². The number of aliphatic hydroxyl groups is 1. The van der Waals surface area contributed by atoms with Gasteiger partial charge in [0.05, 0.1) is 16.8 Å². The molecule has 1 aromatic heterocycles. The topological polar surface area (TPSA) is 64.5 Å². The molecule has 2 rings (SSSR count). The average Bonchev–Trinajstić information content (AvgIpc) is 2.46. The van der Waals surface area contributed by atoms with Crippen LogP contribution in [0.15, 0.2) is 12.5 Å². The molecule has 0 amide bonds. The molecule has 2 heterocycles. The fourth-order valence-electron chi connectivity index (χ4n) is 2.09. The van der Waals surface area contributed by atoms with Gasteiger partial charge in [0, 0.05) is 23.8 Å². The van der Waals surface area contributed by atoms with Crippen molar-refractivity contribution in [3.8, 4) is 0 Å². The van der Waals surface area contributed by atoms with Gasteiger partial charge in [-0.15, -0.1) is 0 Å². The number of nitrogens with zero attached hydrogens (tertiary/aromatic N) is 2. The molecule has 0 atom stereocenters. The highest BCUT2D eigenvalue weighted by atomic mass is 16.7. The summed E-state index contributed by atoms with van der Waals surface area (Å²) in [5.41, 5.74) is -0.106. The fourth-order valence-corrected chi connectivity index (χ4v) is 2.09. The SMILES string of the molecule is CC(C)(O)Cc1ncncc1B1OC(C)(C)C(C)(C)O1. The van der Waals surface area contributed by atoms with Crippen molar-refractivity contribution in [1.29, 1.82) is 0 Å². The zero-order valence-electron chi connectivity index (χ0n) is 13.1. The van der Waals surface area contributed by atoms with Gasteiger partial charge < -0.3 is 14.4 Å². The van der Waals surface area contributed by atoms with Gasteiger partial charge in [-0.05, 0) is 41.5 Å². The summed E-state index contributed by atoms with van der Waals surface area (Å²) >= 11 is 0. The first-order valence-corrected chi connectivity index (χ1v) is 6.89. The van der Waals surface area contributed by atoms with Crippen LogP contribution in [0.2, 0.25) is 0 Å². The van der Waals surface area contributed by atoms with Gasteiger partial charge in [-0.1, -0.05) is 0 Å². The third kappa shape index (κ3) is 3.02. The van der Waals surface area contributed by atoms with Gasteiger partial charge in [-0.3, -0.25) is 0 Å². The molecule has 1 fully saturated rings. The van der Waals surface area contributed by atoms with Gasteiger partial charge in [-0.2, -0.15) is 0 Å². The Kier molecular flexibility index (Phi) is 3.69. The summed E-state index contributed by atoms with van der Waals surface area (Å²) < 4.78 is 12.0. The second kappa shape index (κ2) is 4.79. The van der Waals surface area contributed by atoms with Crippen LogP contribution in [0.4, 0.5) is 0 Å². The lowest BCUT2D eigenvalue weighted by molar-refractivity contribution is 0.00578. The largest absolute Gasteiger partial charge is 0.498 e. The van der Waals surface area contributed by atoms with E-state index in [2.05, 4.69) is 9.97 Å². The van der Waals surface area contributed by atoms with Crippen molar-refractivity contribution in [2.75, 3.05) is 0 Å². The van der Waals surface area contributed by atoms with Crippen molar-refractivity contribution >= 4 is 12.6 Å². The Hall–Kier alpha value is -0.975. The number of rotatable bonds is 3. The van der Waals surface area contributed by atoms with Gasteiger partial charge >= 0.3 is 7.12 Å². The summed E-state index contributed by atoms with van der Waals surface area (Å²) in [7, 11) is -0.501. The standard InChI is InChI=1S/C14H23BN2O3/c1-12(2,18)7-11-10(8-16-9-17-11)15-19-13(3,4)14(5,6)20-15/h8-9,18H,7H2,1-6H3. The highest BCUT2D eigenvalue weighted by Crippen LogP contribution is 2.36. The Morgan fingerprint density at radius 3 is 2.25 bits per heavy atom. The van der Waals surface area contributed by atoms with E-state index in [1.54, 1.807) is 20.0 Å². The van der Waals surface area contributed by atoms with Crippen molar-refractivity contribution in [2.45, 2.75) is 64.8 Å². The molecule has 1 aromatic rings. The molecule has 1 N–H and O–H groups in total. The Morgan fingerprint density at radius 2 is 1.75 bits per heavy atom. The molecule has 0 radical (unpaired) electrons. The minimum absolute atomic E-state index is 0.403. The van der Waals surface area contributed by atoms with Crippen molar-refractivity contribution in [1.82, 2.24) is 9.97 Å². The lowest BCUT2D eigenvalue weighted by atomic mass is 9.77. The van der Waals surface area contributed by atoms with Crippen LogP contribution in [0.3, 0.4) is 0 Å². The van der Waals surface area contributed by atoms with Crippen LogP contribution >= 0.6 is 0 Å². The molecule has 1 saturated heterocycles. The molecule has 0 bridgehead atoms. The fraction of sp³-hybridized carbons (Fsp3) is 0.714. The Morgan fingerprint density at radius 1 is 1.20 bits per heavy atom. The minimum atomic E-state index is -0.841. The van der Waals surface area contributed by atoms with Gasteiger partial charge in [0.1, 0.15) is 6.33 Å². The second-order valence-electron chi connectivity index (χ2n) is 7.00. The zero-order valence-corrected chi connectivity index (χ0v) is 13.1. The molecular weight excluding hydrogens is 255 g/mol. The summed E-state index contributed by atoms with van der Waals surface area (Å²) in [6.45, 7) is 11.5. The van der Waals surface area contributed by atoms with E-state index in [9.17, 15) is 5.11 Å². The van der Waals surface area contributed by atoms with E-state index >= 15 is 0 Å². The van der Waals surface area contributed by atoms with E-state index in [0.717, 1.165) is 11.2 Å². The quantitative estimate of drug-likeness (QED) is 0.838. The van der Waals surface area contributed by atoms with Crippen molar-refractivity contribution in [3.05, 3.63) is 18.2 Å². The van der Waals surface area contributed by atoms with Crippen molar-refractivity contribution < 1.29 is 14.4 Å². The van der Waals surface area contributed by atoms with Gasteiger partial charge in [-0.25, -0.2) is 9.97 Å². The van der Waals surface area contributed by atoms with Gasteiger partial charge in [0.2, 0.25) is 0 Å². The molecular formula is C14H23BN2O3. The summed E-state index contributed by atoms with van der Waals surface area (Å²) in [6, 6.07) is 0. The second-order valence-corrected chi connectivity index (χ2v) is 7.00. The molecule has 0 aromatic carbocycles. The predicted molar refractivity (Wildman–Crippen MR) is 77.7 cm³/mol. The van der Waals surface area contributed by atoms with Gasteiger partial charge in [0.25, 0.3) is 0 Å². The van der Waals surface area contributed by atoms with E-state index in [-0.39, 0.29) is 0 Å². The molecule has 6 heteroatoms. The predicted octanol–water partition coefficient (Wildman–Crippen LogP) is 1.09. The van der Waals surface area contributed by atoms with Crippen LogP contribution in [0.25, 0.3) is 0 Å². The molecule has 0 spiro atoms. The lowest BCUT2D eigenvalue weighted by Gasteiger charge is -2.32. The number of hydrogen-bond acceptors (Lipinski definition) is 5. The maximum absolute atomic E-state index is 10.0. The van der Waals surface area contributed by atoms with Crippen molar-refractivity contribution in [3.63, 3.8) is 0 Å². The van der Waals surface area contributed by atoms with Crippen molar-refractivity contribution in [2.24, 2.45) is 0 Å². The molecule has 0 unspecified atom stereocenters. The molecule has 5 nitrogen and oxygen atoms in total. The summed E-state index contributed by atoms with van der Waals surface area (Å²) in [6.07, 6.45) is 3.61. The van der Waals surface area contributed by atoms with E-state index in [1.807, 2.05) is 27.7 Å². The first kappa shape index (κ1) is 15.4.